The molecular weight excluding hydrogens is 318 g/mol. The number of amides is 1. The molecule has 1 amide bonds. The van der Waals surface area contributed by atoms with Crippen molar-refractivity contribution in [2.45, 2.75) is 64.2 Å². The first-order valence-corrected chi connectivity index (χ1v) is 9.23. The highest BCUT2D eigenvalue weighted by Crippen LogP contribution is 2.36. The Morgan fingerprint density at radius 2 is 2.04 bits per heavy atom. The maximum atomic E-state index is 12.9. The molecule has 0 spiro atoms. The van der Waals surface area contributed by atoms with E-state index < -0.39 is 6.10 Å². The Labute approximate surface area is 149 Å². The van der Waals surface area contributed by atoms with E-state index in [0.29, 0.717) is 11.3 Å². The monoisotopic (exact) mass is 345 g/mol. The highest BCUT2D eigenvalue weighted by Gasteiger charge is 2.41. The lowest BCUT2D eigenvalue weighted by atomic mass is 9.94. The molecule has 1 aromatic rings. The number of carbonyl (C=O) groups excluding carboxylic acids is 2. The number of hydrogen-bond donors (Lipinski definition) is 1. The largest absolute Gasteiger partial charge is 0.481 e. The number of ketones is 1. The fourth-order valence-electron chi connectivity index (χ4n) is 4.21. The standard InChI is InChI=1S/C20H27NO4/c1-13(22)15-6-3-7-16(12-15)25-14(2)20(24)21-11-5-9-18(21)17-8-4-10-19(17)23/h3,6-7,12,14,17-19,23H,4-5,8-11H2,1-2H3/t14-,17-,18-,19-/m1/s1. The molecule has 1 saturated heterocycles. The van der Waals surface area contributed by atoms with E-state index in [4.69, 9.17) is 4.74 Å². The number of ether oxygens (including phenoxy) is 1. The molecule has 1 heterocycles. The van der Waals surface area contributed by atoms with Crippen LogP contribution in [0.4, 0.5) is 0 Å². The van der Waals surface area contributed by atoms with Crippen LogP contribution in [-0.4, -0.2) is 46.5 Å². The van der Waals surface area contributed by atoms with Gasteiger partial charge in [-0.3, -0.25) is 9.59 Å². The Bertz CT molecular complexity index is 644. The van der Waals surface area contributed by atoms with Crippen LogP contribution in [0.1, 0.15) is 56.3 Å². The summed E-state index contributed by atoms with van der Waals surface area (Å²) in [6.45, 7) is 3.99. The molecule has 0 bridgehead atoms. The van der Waals surface area contributed by atoms with Gasteiger partial charge in [-0.25, -0.2) is 0 Å². The van der Waals surface area contributed by atoms with E-state index in [9.17, 15) is 14.7 Å². The third-order valence-electron chi connectivity index (χ3n) is 5.51. The first kappa shape index (κ1) is 17.9. The highest BCUT2D eigenvalue weighted by molar-refractivity contribution is 5.94. The number of likely N-dealkylation sites (tertiary alicyclic amines) is 1. The second kappa shape index (κ2) is 7.56. The number of benzene rings is 1. The third kappa shape index (κ3) is 3.87. The lowest BCUT2D eigenvalue weighted by Gasteiger charge is -2.33. The van der Waals surface area contributed by atoms with Crippen molar-refractivity contribution in [1.29, 1.82) is 0 Å². The van der Waals surface area contributed by atoms with Crippen LogP contribution < -0.4 is 4.74 Å². The van der Waals surface area contributed by atoms with Crippen molar-refractivity contribution in [1.82, 2.24) is 4.90 Å². The van der Waals surface area contributed by atoms with E-state index in [1.54, 1.807) is 31.2 Å². The zero-order valence-corrected chi connectivity index (χ0v) is 15.0. The van der Waals surface area contributed by atoms with Crippen molar-refractivity contribution in [2.75, 3.05) is 6.54 Å². The van der Waals surface area contributed by atoms with E-state index in [2.05, 4.69) is 0 Å². The molecule has 1 aromatic carbocycles. The van der Waals surface area contributed by atoms with Crippen LogP contribution in [0.15, 0.2) is 24.3 Å². The summed E-state index contributed by atoms with van der Waals surface area (Å²) in [5.74, 6) is 0.666. The molecule has 1 aliphatic carbocycles. The number of rotatable bonds is 5. The minimum Gasteiger partial charge on any atom is -0.481 e. The van der Waals surface area contributed by atoms with Crippen molar-refractivity contribution < 1.29 is 19.4 Å². The predicted molar refractivity (Wildman–Crippen MR) is 94.6 cm³/mol. The van der Waals surface area contributed by atoms with E-state index in [1.807, 2.05) is 4.90 Å². The number of aliphatic hydroxyl groups excluding tert-OH is 1. The molecule has 4 atom stereocenters. The van der Waals surface area contributed by atoms with Crippen molar-refractivity contribution in [3.63, 3.8) is 0 Å². The van der Waals surface area contributed by atoms with Crippen LogP contribution in [0.3, 0.4) is 0 Å². The fraction of sp³-hybridized carbons (Fsp3) is 0.600. The average molecular weight is 345 g/mol. The van der Waals surface area contributed by atoms with Gasteiger partial charge < -0.3 is 14.7 Å². The number of hydrogen-bond acceptors (Lipinski definition) is 4. The first-order chi connectivity index (χ1) is 12.0. The Morgan fingerprint density at radius 1 is 1.24 bits per heavy atom. The minimum absolute atomic E-state index is 0.0285. The van der Waals surface area contributed by atoms with Crippen LogP contribution in [-0.2, 0) is 4.79 Å². The van der Waals surface area contributed by atoms with Gasteiger partial charge in [-0.15, -0.1) is 0 Å². The summed E-state index contributed by atoms with van der Waals surface area (Å²) in [5, 5.41) is 10.2. The van der Waals surface area contributed by atoms with E-state index in [0.717, 1.165) is 38.6 Å². The van der Waals surface area contributed by atoms with Crippen molar-refractivity contribution in [3.05, 3.63) is 29.8 Å². The molecule has 0 aromatic heterocycles. The predicted octanol–water partition coefficient (Wildman–Crippen LogP) is 2.81. The van der Waals surface area contributed by atoms with Crippen LogP contribution >= 0.6 is 0 Å². The second-order valence-corrected chi connectivity index (χ2v) is 7.25. The SMILES string of the molecule is CC(=O)c1cccc(O[C@H](C)C(=O)N2CCC[C@@H]2[C@H]2CCC[C@H]2O)c1. The lowest BCUT2D eigenvalue weighted by molar-refractivity contribution is -0.140. The van der Waals surface area contributed by atoms with Crippen LogP contribution in [0, 0.1) is 5.92 Å². The molecule has 5 heteroatoms. The van der Waals surface area contributed by atoms with Gasteiger partial charge in [0, 0.05) is 24.1 Å². The molecule has 136 valence electrons. The molecule has 3 rings (SSSR count). The Hall–Kier alpha value is -1.88. The summed E-state index contributed by atoms with van der Waals surface area (Å²) in [7, 11) is 0. The number of aliphatic hydroxyl groups is 1. The van der Waals surface area contributed by atoms with Crippen LogP contribution in [0.5, 0.6) is 5.75 Å². The van der Waals surface area contributed by atoms with Gasteiger partial charge in [0.1, 0.15) is 5.75 Å². The Kier molecular flexibility index (Phi) is 5.42. The summed E-state index contributed by atoms with van der Waals surface area (Å²) in [6.07, 6.45) is 3.90. The van der Waals surface area contributed by atoms with Gasteiger partial charge >= 0.3 is 0 Å². The van der Waals surface area contributed by atoms with Gasteiger partial charge in [-0.2, -0.15) is 0 Å². The fourth-order valence-corrected chi connectivity index (χ4v) is 4.21. The van der Waals surface area contributed by atoms with Gasteiger partial charge in [0.05, 0.1) is 6.10 Å². The molecule has 1 aliphatic heterocycles. The first-order valence-electron chi connectivity index (χ1n) is 9.23. The topological polar surface area (TPSA) is 66.8 Å². The molecule has 1 N–H and O–H groups in total. The van der Waals surface area contributed by atoms with Crippen molar-refractivity contribution in [2.24, 2.45) is 5.92 Å². The summed E-state index contributed by atoms with van der Waals surface area (Å²) in [5.41, 5.74) is 0.574. The van der Waals surface area contributed by atoms with Crippen molar-refractivity contribution in [3.8, 4) is 5.75 Å². The molecular formula is C20H27NO4. The van der Waals surface area contributed by atoms with E-state index >= 15 is 0 Å². The molecule has 2 fully saturated rings. The third-order valence-corrected chi connectivity index (χ3v) is 5.51. The van der Waals surface area contributed by atoms with Gasteiger partial charge in [-0.05, 0) is 51.7 Å². The second-order valence-electron chi connectivity index (χ2n) is 7.25. The zero-order valence-electron chi connectivity index (χ0n) is 15.0. The summed E-state index contributed by atoms with van der Waals surface area (Å²) >= 11 is 0. The minimum atomic E-state index is -0.610. The molecule has 2 aliphatic rings. The van der Waals surface area contributed by atoms with Gasteiger partial charge in [0.2, 0.25) is 0 Å². The van der Waals surface area contributed by atoms with Gasteiger partial charge in [0.25, 0.3) is 5.91 Å². The quantitative estimate of drug-likeness (QED) is 0.834. The summed E-state index contributed by atoms with van der Waals surface area (Å²) in [6, 6.07) is 7.06. The maximum absolute atomic E-state index is 12.9. The molecule has 0 unspecified atom stereocenters. The lowest BCUT2D eigenvalue weighted by Crippen LogP contribution is -2.47. The molecule has 0 radical (unpaired) electrons. The summed E-state index contributed by atoms with van der Waals surface area (Å²) in [4.78, 5) is 26.3. The smallest absolute Gasteiger partial charge is 0.263 e. The van der Waals surface area contributed by atoms with Crippen molar-refractivity contribution >= 4 is 11.7 Å². The molecule has 1 saturated carbocycles. The van der Waals surface area contributed by atoms with E-state index in [1.165, 1.54) is 6.92 Å². The van der Waals surface area contributed by atoms with Gasteiger partial charge in [-0.1, -0.05) is 18.6 Å². The highest BCUT2D eigenvalue weighted by atomic mass is 16.5. The molecule has 5 nitrogen and oxygen atoms in total. The zero-order chi connectivity index (χ0) is 18.0. The average Bonchev–Trinajstić information content (AvgIpc) is 3.22. The Morgan fingerprint density at radius 3 is 2.72 bits per heavy atom. The number of nitrogens with zero attached hydrogens (tertiary/aromatic N) is 1. The van der Waals surface area contributed by atoms with Gasteiger partial charge in [0.15, 0.2) is 11.9 Å². The van der Waals surface area contributed by atoms with Crippen LogP contribution in [0.25, 0.3) is 0 Å². The van der Waals surface area contributed by atoms with E-state index in [-0.39, 0.29) is 29.8 Å². The maximum Gasteiger partial charge on any atom is 0.263 e. The number of carbonyl (C=O) groups is 2. The molecule has 25 heavy (non-hydrogen) atoms. The normalized spacial score (nSPS) is 27.3. The number of Topliss-reactive ketones (excluding diaryl/α,β-unsaturated/α-hetero) is 1. The summed E-state index contributed by atoms with van der Waals surface area (Å²) < 4.78 is 5.81. The Balaban J connectivity index is 1.67. The van der Waals surface area contributed by atoms with Crippen LogP contribution in [0.2, 0.25) is 0 Å².